The van der Waals surface area contributed by atoms with Gasteiger partial charge in [0.25, 0.3) is 0 Å². The molecule has 0 saturated carbocycles. The zero-order chi connectivity index (χ0) is 20.9. The van der Waals surface area contributed by atoms with E-state index in [1.165, 1.54) is 6.20 Å². The molecule has 0 aromatic rings. The molecule has 160 valence electrons. The highest BCUT2D eigenvalue weighted by molar-refractivity contribution is 7.99. The van der Waals surface area contributed by atoms with Gasteiger partial charge in [-0.15, -0.1) is 11.8 Å². The van der Waals surface area contributed by atoms with Crippen molar-refractivity contribution < 1.29 is 33.3 Å². The number of rotatable bonds is 9. The van der Waals surface area contributed by atoms with Gasteiger partial charge in [0.05, 0.1) is 19.3 Å². The molecule has 0 aliphatic carbocycles. The first kappa shape index (κ1) is 23.0. The van der Waals surface area contributed by atoms with Crippen LogP contribution in [0.3, 0.4) is 0 Å². The molecule has 0 amide bonds. The zero-order valence-corrected chi connectivity index (χ0v) is 18.2. The highest BCUT2D eigenvalue weighted by Crippen LogP contribution is 2.43. The van der Waals surface area contributed by atoms with Gasteiger partial charge in [-0.05, 0) is 40.4 Å². The molecule has 0 radical (unpaired) electrons. The molecular weight excluding hydrogens is 386 g/mol. The molecule has 2 heterocycles. The predicted octanol–water partition coefficient (Wildman–Crippen LogP) is 1.97. The molecule has 2 fully saturated rings. The minimum absolute atomic E-state index is 0.135. The van der Waals surface area contributed by atoms with Crippen molar-refractivity contribution in [1.82, 2.24) is 5.32 Å². The third-order valence-corrected chi connectivity index (χ3v) is 5.39. The van der Waals surface area contributed by atoms with E-state index in [-0.39, 0.29) is 48.6 Å². The Kier molecular flexibility index (Phi) is 8.18. The molecule has 28 heavy (non-hydrogen) atoms. The molecule has 2 aliphatic heterocycles. The molecule has 0 aromatic carbocycles. The van der Waals surface area contributed by atoms with Crippen LogP contribution in [0.5, 0.6) is 0 Å². The first-order valence-electron chi connectivity index (χ1n) is 9.67. The second-order valence-corrected chi connectivity index (χ2v) is 8.32. The monoisotopic (exact) mass is 417 g/mol. The first-order chi connectivity index (χ1) is 13.2. The molecule has 0 spiro atoms. The maximum atomic E-state index is 12.1. The fourth-order valence-electron chi connectivity index (χ4n) is 3.22. The number of fused-ring (bicyclic) bond motifs is 1. The summed E-state index contributed by atoms with van der Waals surface area (Å²) in [7, 11) is 0. The molecule has 5 atom stereocenters. The van der Waals surface area contributed by atoms with E-state index in [4.69, 9.17) is 23.7 Å². The summed E-state index contributed by atoms with van der Waals surface area (Å²) in [4.78, 5) is 24.2. The lowest BCUT2D eigenvalue weighted by Crippen LogP contribution is -2.43. The quantitative estimate of drug-likeness (QED) is 0.262. The summed E-state index contributed by atoms with van der Waals surface area (Å²) in [5.74, 6) is -1.25. The van der Waals surface area contributed by atoms with E-state index >= 15 is 0 Å². The van der Waals surface area contributed by atoms with Gasteiger partial charge in [0.15, 0.2) is 11.4 Å². The summed E-state index contributed by atoms with van der Waals surface area (Å²) in [5.41, 5.74) is -0.321. The van der Waals surface area contributed by atoms with Gasteiger partial charge in [0, 0.05) is 6.20 Å². The number of carbonyl (C=O) groups is 2. The van der Waals surface area contributed by atoms with Gasteiger partial charge < -0.3 is 29.0 Å². The van der Waals surface area contributed by atoms with Crippen LogP contribution < -0.4 is 5.32 Å². The van der Waals surface area contributed by atoms with Gasteiger partial charge in [0.2, 0.25) is 0 Å². The summed E-state index contributed by atoms with van der Waals surface area (Å²) >= 11 is 1.67. The van der Waals surface area contributed by atoms with E-state index in [1.807, 2.05) is 20.8 Å². The number of hydrogen-bond acceptors (Lipinski definition) is 9. The minimum Gasteiger partial charge on any atom is -0.462 e. The van der Waals surface area contributed by atoms with Crippen molar-refractivity contribution in [1.29, 1.82) is 0 Å². The highest BCUT2D eigenvalue weighted by Gasteiger charge is 2.56. The maximum Gasteiger partial charge on any atom is 0.347 e. The minimum atomic E-state index is -0.730. The third-order valence-electron chi connectivity index (χ3n) is 4.35. The van der Waals surface area contributed by atoms with Crippen LogP contribution in [-0.4, -0.2) is 66.5 Å². The number of hydrogen-bond donors (Lipinski definition) is 1. The second kappa shape index (κ2) is 9.96. The lowest BCUT2D eigenvalue weighted by molar-refractivity contribution is -0.180. The molecule has 8 nitrogen and oxygen atoms in total. The largest absolute Gasteiger partial charge is 0.462 e. The Balaban J connectivity index is 2.12. The average Bonchev–Trinajstić information content (AvgIpc) is 3.09. The average molecular weight is 418 g/mol. The Bertz CT molecular complexity index is 575. The van der Waals surface area contributed by atoms with Crippen molar-refractivity contribution in [3.8, 4) is 0 Å². The third kappa shape index (κ3) is 5.40. The second-order valence-electron chi connectivity index (χ2n) is 6.94. The maximum absolute atomic E-state index is 12.1. The standard InChI is InChI=1S/C19H31NO7S/c1-7-23-16(21)12(17(22)24-8-2)10-20-11(4)13-14-15(18(25-13)28-9-3)27-19(5,6)26-14/h10-11,13-15,18,20H,7-9H2,1-6H3/t11-,13+,14-,15-,18-/m1/s1. The topological polar surface area (TPSA) is 92.3 Å². The SMILES string of the molecule is CCOC(=O)C(=CN[C@H](C)[C@@H]1O[C@H](SCC)[C@@H]2OC(C)(C)O[C@@H]21)C(=O)OCC. The number of thioether (sulfide) groups is 1. The summed E-state index contributed by atoms with van der Waals surface area (Å²) in [6, 6.07) is -0.244. The van der Waals surface area contributed by atoms with E-state index in [2.05, 4.69) is 12.2 Å². The number of ether oxygens (including phenoxy) is 5. The van der Waals surface area contributed by atoms with Gasteiger partial charge in [-0.3, -0.25) is 0 Å². The molecule has 2 aliphatic rings. The fourth-order valence-corrected chi connectivity index (χ4v) is 4.16. The molecule has 0 unspecified atom stereocenters. The van der Waals surface area contributed by atoms with Crippen LogP contribution in [0.25, 0.3) is 0 Å². The summed E-state index contributed by atoms with van der Waals surface area (Å²) in [6.45, 7) is 11.4. The first-order valence-corrected chi connectivity index (χ1v) is 10.7. The molecule has 2 rings (SSSR count). The molecule has 0 aromatic heterocycles. The molecule has 2 saturated heterocycles. The van der Waals surface area contributed by atoms with Crippen LogP contribution in [-0.2, 0) is 33.3 Å². The highest BCUT2D eigenvalue weighted by atomic mass is 32.2. The van der Waals surface area contributed by atoms with Gasteiger partial charge in [-0.1, -0.05) is 6.92 Å². The number of carbonyl (C=O) groups excluding carboxylic acids is 2. The number of esters is 2. The molecule has 0 bridgehead atoms. The van der Waals surface area contributed by atoms with Crippen molar-refractivity contribution in [2.75, 3.05) is 19.0 Å². The fraction of sp³-hybridized carbons (Fsp3) is 0.789. The Morgan fingerprint density at radius 3 is 2.21 bits per heavy atom. The predicted molar refractivity (Wildman–Crippen MR) is 105 cm³/mol. The van der Waals surface area contributed by atoms with Gasteiger partial charge in [0.1, 0.15) is 23.7 Å². The zero-order valence-electron chi connectivity index (χ0n) is 17.4. The van der Waals surface area contributed by atoms with E-state index < -0.39 is 17.7 Å². The van der Waals surface area contributed by atoms with Gasteiger partial charge in [-0.25, -0.2) is 9.59 Å². The Morgan fingerprint density at radius 2 is 1.68 bits per heavy atom. The summed E-state index contributed by atoms with van der Waals surface area (Å²) in [5, 5.41) is 3.07. The lowest BCUT2D eigenvalue weighted by Gasteiger charge is -2.27. The normalized spacial score (nSPS) is 28.9. The van der Waals surface area contributed by atoms with E-state index in [0.29, 0.717) is 0 Å². The summed E-state index contributed by atoms with van der Waals surface area (Å²) in [6.07, 6.45) is 0.606. The van der Waals surface area contributed by atoms with E-state index in [1.54, 1.807) is 25.6 Å². The van der Waals surface area contributed by atoms with Crippen LogP contribution >= 0.6 is 11.8 Å². The Morgan fingerprint density at radius 1 is 1.11 bits per heavy atom. The lowest BCUT2D eigenvalue weighted by atomic mass is 10.1. The van der Waals surface area contributed by atoms with E-state index in [9.17, 15) is 9.59 Å². The van der Waals surface area contributed by atoms with Crippen molar-refractivity contribution in [3.05, 3.63) is 11.8 Å². The van der Waals surface area contributed by atoms with Crippen LogP contribution in [0, 0.1) is 0 Å². The Hall–Kier alpha value is -1.29. The van der Waals surface area contributed by atoms with Gasteiger partial charge >= 0.3 is 11.9 Å². The van der Waals surface area contributed by atoms with Crippen LogP contribution in [0.1, 0.15) is 41.5 Å². The van der Waals surface area contributed by atoms with Crippen LogP contribution in [0.4, 0.5) is 0 Å². The molecule has 1 N–H and O–H groups in total. The number of nitrogens with one attached hydrogen (secondary N) is 1. The van der Waals surface area contributed by atoms with Crippen molar-refractivity contribution in [3.63, 3.8) is 0 Å². The van der Waals surface area contributed by atoms with Gasteiger partial charge in [-0.2, -0.15) is 0 Å². The Labute approximate surface area is 170 Å². The van der Waals surface area contributed by atoms with Crippen LogP contribution in [0.15, 0.2) is 11.8 Å². The van der Waals surface area contributed by atoms with Crippen LogP contribution in [0.2, 0.25) is 0 Å². The van der Waals surface area contributed by atoms with Crippen molar-refractivity contribution in [2.45, 2.75) is 77.1 Å². The molecular formula is C19H31NO7S. The van der Waals surface area contributed by atoms with Crippen molar-refractivity contribution >= 4 is 23.7 Å². The molecule has 9 heteroatoms. The van der Waals surface area contributed by atoms with E-state index in [0.717, 1.165) is 5.75 Å². The smallest absolute Gasteiger partial charge is 0.347 e. The summed E-state index contributed by atoms with van der Waals surface area (Å²) < 4.78 is 28.1. The van der Waals surface area contributed by atoms with Crippen molar-refractivity contribution in [2.24, 2.45) is 0 Å².